The molecule has 160 valence electrons. The summed E-state index contributed by atoms with van der Waals surface area (Å²) in [6.07, 6.45) is 0. The highest BCUT2D eigenvalue weighted by molar-refractivity contribution is 7.92. The summed E-state index contributed by atoms with van der Waals surface area (Å²) in [7, 11) is -2.26. The minimum Gasteiger partial charge on any atom is -0.454 e. The predicted molar refractivity (Wildman–Crippen MR) is 117 cm³/mol. The third-order valence-corrected chi connectivity index (χ3v) is 6.89. The van der Waals surface area contributed by atoms with Crippen LogP contribution in [0.25, 0.3) is 0 Å². The summed E-state index contributed by atoms with van der Waals surface area (Å²) in [4.78, 5) is 12.9. The van der Waals surface area contributed by atoms with Gasteiger partial charge in [-0.05, 0) is 54.4 Å². The number of ether oxygens (including phenoxy) is 2. The van der Waals surface area contributed by atoms with Gasteiger partial charge in [0, 0.05) is 19.2 Å². The first-order valence-electron chi connectivity index (χ1n) is 9.67. The van der Waals surface area contributed by atoms with Crippen LogP contribution in [0.2, 0.25) is 0 Å². The monoisotopic (exact) mass is 438 g/mol. The SMILES string of the molecule is Cc1ccc(C(=O)NCc2ccc3c(c2)OCO3)cc1N(C)S(=O)(=O)c1ccccc1. The first-order valence-corrected chi connectivity index (χ1v) is 11.1. The number of nitrogens with one attached hydrogen (secondary N) is 1. The molecule has 31 heavy (non-hydrogen) atoms. The Balaban J connectivity index is 1.52. The van der Waals surface area contributed by atoms with Crippen LogP contribution < -0.4 is 19.1 Å². The molecular formula is C23H22N2O5S. The third kappa shape index (κ3) is 4.20. The van der Waals surface area contributed by atoms with Gasteiger partial charge < -0.3 is 14.8 Å². The maximum absolute atomic E-state index is 13.0. The van der Waals surface area contributed by atoms with Crippen LogP contribution in [-0.2, 0) is 16.6 Å². The number of carbonyl (C=O) groups is 1. The van der Waals surface area contributed by atoms with Crippen LogP contribution in [-0.4, -0.2) is 28.2 Å². The van der Waals surface area contributed by atoms with Crippen molar-refractivity contribution >= 4 is 21.6 Å². The van der Waals surface area contributed by atoms with Gasteiger partial charge in [-0.3, -0.25) is 9.10 Å². The number of sulfonamides is 1. The maximum atomic E-state index is 13.0. The molecular weight excluding hydrogens is 416 g/mol. The van der Waals surface area contributed by atoms with Gasteiger partial charge in [-0.15, -0.1) is 0 Å². The van der Waals surface area contributed by atoms with Gasteiger partial charge >= 0.3 is 0 Å². The van der Waals surface area contributed by atoms with Crippen molar-refractivity contribution in [1.29, 1.82) is 0 Å². The van der Waals surface area contributed by atoms with E-state index in [1.807, 2.05) is 12.1 Å². The van der Waals surface area contributed by atoms with E-state index in [2.05, 4.69) is 5.32 Å². The number of aryl methyl sites for hydroxylation is 1. The Morgan fingerprint density at radius 2 is 1.74 bits per heavy atom. The molecule has 4 rings (SSSR count). The molecule has 0 fully saturated rings. The van der Waals surface area contributed by atoms with Gasteiger partial charge in [-0.2, -0.15) is 0 Å². The molecule has 1 aliphatic heterocycles. The van der Waals surface area contributed by atoms with Gasteiger partial charge in [0.2, 0.25) is 6.79 Å². The molecule has 3 aromatic rings. The molecule has 3 aromatic carbocycles. The summed E-state index contributed by atoms with van der Waals surface area (Å²) in [6, 6.07) is 18.7. The molecule has 0 bridgehead atoms. The van der Waals surface area contributed by atoms with Crippen molar-refractivity contribution in [2.24, 2.45) is 0 Å². The first kappa shape index (κ1) is 20.7. The number of nitrogens with zero attached hydrogens (tertiary/aromatic N) is 1. The highest BCUT2D eigenvalue weighted by Crippen LogP contribution is 2.32. The molecule has 7 nitrogen and oxygen atoms in total. The molecule has 0 aliphatic carbocycles. The molecule has 0 atom stereocenters. The molecule has 1 amide bonds. The highest BCUT2D eigenvalue weighted by Gasteiger charge is 2.23. The van der Waals surface area contributed by atoms with E-state index < -0.39 is 10.0 Å². The lowest BCUT2D eigenvalue weighted by Crippen LogP contribution is -2.28. The maximum Gasteiger partial charge on any atom is 0.264 e. The first-order chi connectivity index (χ1) is 14.9. The minimum absolute atomic E-state index is 0.189. The molecule has 0 radical (unpaired) electrons. The Labute approximate surface area is 181 Å². The van der Waals surface area contributed by atoms with Crippen molar-refractivity contribution in [3.05, 3.63) is 83.4 Å². The van der Waals surface area contributed by atoms with Gasteiger partial charge in [-0.25, -0.2) is 8.42 Å². The van der Waals surface area contributed by atoms with Crippen molar-refractivity contribution < 1.29 is 22.7 Å². The third-order valence-electron chi connectivity index (χ3n) is 5.10. The second kappa shape index (κ2) is 8.31. The number of anilines is 1. The predicted octanol–water partition coefficient (Wildman–Crippen LogP) is 3.48. The van der Waals surface area contributed by atoms with Gasteiger partial charge in [-0.1, -0.05) is 30.3 Å². The summed E-state index contributed by atoms with van der Waals surface area (Å²) in [5.74, 6) is 1.03. The Bertz CT molecular complexity index is 1230. The van der Waals surface area contributed by atoms with Gasteiger partial charge in [0.05, 0.1) is 10.6 Å². The van der Waals surface area contributed by atoms with E-state index >= 15 is 0 Å². The van der Waals surface area contributed by atoms with Crippen molar-refractivity contribution in [3.63, 3.8) is 0 Å². The number of hydrogen-bond donors (Lipinski definition) is 1. The van der Waals surface area contributed by atoms with Crippen molar-refractivity contribution in [2.45, 2.75) is 18.4 Å². The lowest BCUT2D eigenvalue weighted by Gasteiger charge is -2.22. The number of hydrogen-bond acceptors (Lipinski definition) is 5. The fourth-order valence-corrected chi connectivity index (χ4v) is 4.58. The van der Waals surface area contributed by atoms with Gasteiger partial charge in [0.15, 0.2) is 11.5 Å². The highest BCUT2D eigenvalue weighted by atomic mass is 32.2. The minimum atomic E-state index is -3.74. The quantitative estimate of drug-likeness (QED) is 0.637. The van der Waals surface area contributed by atoms with Crippen molar-refractivity contribution in [3.8, 4) is 11.5 Å². The molecule has 8 heteroatoms. The fraction of sp³-hybridized carbons (Fsp3) is 0.174. The number of benzene rings is 3. The van der Waals surface area contributed by atoms with Crippen LogP contribution in [0.3, 0.4) is 0 Å². The Hall–Kier alpha value is -3.52. The van der Waals surface area contributed by atoms with Crippen molar-refractivity contribution in [1.82, 2.24) is 5.32 Å². The summed E-state index contributed by atoms with van der Waals surface area (Å²) < 4.78 is 37.8. The van der Waals surface area contributed by atoms with Crippen LogP contribution in [0.5, 0.6) is 11.5 Å². The topological polar surface area (TPSA) is 84.9 Å². The van der Waals surface area contributed by atoms with Gasteiger partial charge in [0.25, 0.3) is 15.9 Å². The Kier molecular flexibility index (Phi) is 5.56. The lowest BCUT2D eigenvalue weighted by atomic mass is 10.1. The van der Waals surface area contributed by atoms with Crippen LogP contribution in [0.15, 0.2) is 71.6 Å². The van der Waals surface area contributed by atoms with E-state index in [-0.39, 0.29) is 17.6 Å². The van der Waals surface area contributed by atoms with E-state index in [0.717, 1.165) is 11.1 Å². The molecule has 0 saturated heterocycles. The molecule has 1 N–H and O–H groups in total. The summed E-state index contributed by atoms with van der Waals surface area (Å²) in [6.45, 7) is 2.30. The van der Waals surface area contributed by atoms with E-state index in [1.54, 1.807) is 61.5 Å². The van der Waals surface area contributed by atoms with Crippen LogP contribution in [0.4, 0.5) is 5.69 Å². The lowest BCUT2D eigenvalue weighted by molar-refractivity contribution is 0.0951. The second-order valence-electron chi connectivity index (χ2n) is 7.16. The van der Waals surface area contributed by atoms with Crippen LogP contribution in [0.1, 0.15) is 21.5 Å². The summed E-state index contributed by atoms with van der Waals surface area (Å²) in [5.41, 5.74) is 2.43. The number of rotatable bonds is 6. The normalized spacial score (nSPS) is 12.5. The largest absolute Gasteiger partial charge is 0.454 e. The fourth-order valence-electron chi connectivity index (χ4n) is 3.31. The van der Waals surface area contributed by atoms with Crippen LogP contribution >= 0.6 is 0 Å². The van der Waals surface area contributed by atoms with Gasteiger partial charge in [0.1, 0.15) is 0 Å². The summed E-state index contributed by atoms with van der Waals surface area (Å²) in [5, 5.41) is 2.86. The number of amides is 1. The molecule has 0 aromatic heterocycles. The molecule has 0 saturated carbocycles. The Morgan fingerprint density at radius 1 is 1.00 bits per heavy atom. The van der Waals surface area contributed by atoms with E-state index in [1.165, 1.54) is 11.4 Å². The van der Waals surface area contributed by atoms with E-state index in [0.29, 0.717) is 29.3 Å². The smallest absolute Gasteiger partial charge is 0.264 e. The number of carbonyl (C=O) groups excluding carboxylic acids is 1. The molecule has 1 heterocycles. The van der Waals surface area contributed by atoms with E-state index in [9.17, 15) is 13.2 Å². The average molecular weight is 439 g/mol. The zero-order valence-electron chi connectivity index (χ0n) is 17.2. The standard InChI is InChI=1S/C23H22N2O5S/c1-16-8-10-18(13-20(16)25(2)31(27,28)19-6-4-3-5-7-19)23(26)24-14-17-9-11-21-22(12-17)30-15-29-21/h3-13H,14-15H2,1-2H3,(H,24,26). The van der Waals surface area contributed by atoms with Crippen molar-refractivity contribution in [2.75, 3.05) is 18.1 Å². The second-order valence-corrected chi connectivity index (χ2v) is 9.13. The summed E-state index contributed by atoms with van der Waals surface area (Å²) >= 11 is 0. The zero-order chi connectivity index (χ0) is 22.0. The van der Waals surface area contributed by atoms with E-state index in [4.69, 9.17) is 9.47 Å². The zero-order valence-corrected chi connectivity index (χ0v) is 18.0. The molecule has 0 unspecified atom stereocenters. The Morgan fingerprint density at radius 3 is 2.52 bits per heavy atom. The number of fused-ring (bicyclic) bond motifs is 1. The molecule has 0 spiro atoms. The van der Waals surface area contributed by atoms with Crippen LogP contribution in [0, 0.1) is 6.92 Å². The molecule has 1 aliphatic rings. The average Bonchev–Trinajstić information content (AvgIpc) is 3.26.